The molecule has 5 nitrogen and oxygen atoms in total. The third-order valence-electron chi connectivity index (χ3n) is 3.21. The first-order valence-electron chi connectivity index (χ1n) is 6.35. The van der Waals surface area contributed by atoms with Crippen LogP contribution in [0.2, 0.25) is 0 Å². The lowest BCUT2D eigenvalue weighted by atomic mass is 10.0. The topological polar surface area (TPSA) is 52.0 Å². The van der Waals surface area contributed by atoms with Crippen LogP contribution in [0.15, 0.2) is 0 Å². The molecule has 5 heteroatoms. The second kappa shape index (κ2) is 5.14. The third kappa shape index (κ3) is 2.50. The van der Waals surface area contributed by atoms with E-state index in [2.05, 4.69) is 36.2 Å². The molecule has 0 saturated carbocycles. The number of aromatic nitrogens is 3. The molecule has 0 spiro atoms. The maximum Gasteiger partial charge on any atom is 0.153 e. The van der Waals surface area contributed by atoms with Crippen molar-refractivity contribution < 1.29 is 4.74 Å². The van der Waals surface area contributed by atoms with Crippen LogP contribution in [0.5, 0.6) is 0 Å². The lowest BCUT2D eigenvalue weighted by Gasteiger charge is -2.16. The highest BCUT2D eigenvalue weighted by Crippen LogP contribution is 2.25. The fraction of sp³-hybridized carbons (Fsp3) is 0.833. The molecule has 1 aromatic rings. The van der Waals surface area contributed by atoms with E-state index in [0.29, 0.717) is 17.9 Å². The molecule has 2 rings (SSSR count). The van der Waals surface area contributed by atoms with E-state index in [1.54, 1.807) is 0 Å². The number of likely N-dealkylation sites (N-methyl/N-ethyl adjacent to an activating group) is 1. The van der Waals surface area contributed by atoms with Gasteiger partial charge in [-0.1, -0.05) is 20.8 Å². The van der Waals surface area contributed by atoms with Crippen LogP contribution in [0.1, 0.15) is 44.3 Å². The van der Waals surface area contributed by atoms with E-state index in [1.165, 1.54) is 0 Å². The number of nitrogens with zero attached hydrogens (tertiary/aromatic N) is 3. The number of hydrogen-bond donors (Lipinski definition) is 1. The van der Waals surface area contributed by atoms with Gasteiger partial charge in [-0.3, -0.25) is 4.68 Å². The van der Waals surface area contributed by atoms with Crippen molar-refractivity contribution in [3.05, 3.63) is 11.6 Å². The van der Waals surface area contributed by atoms with Crippen molar-refractivity contribution in [2.45, 2.75) is 38.6 Å². The zero-order chi connectivity index (χ0) is 12.4. The Hall–Kier alpha value is -0.940. The van der Waals surface area contributed by atoms with Crippen molar-refractivity contribution in [1.29, 1.82) is 0 Å². The number of ether oxygens (including phenoxy) is 1. The number of rotatable bonds is 4. The minimum atomic E-state index is 0.319. The molecule has 2 atom stereocenters. The average Bonchev–Trinajstić information content (AvgIpc) is 2.85. The van der Waals surface area contributed by atoms with Crippen molar-refractivity contribution >= 4 is 0 Å². The average molecular weight is 238 g/mol. The van der Waals surface area contributed by atoms with Gasteiger partial charge in [-0.2, -0.15) is 5.10 Å². The van der Waals surface area contributed by atoms with Crippen LogP contribution in [-0.2, 0) is 11.8 Å². The molecule has 0 aromatic carbocycles. The van der Waals surface area contributed by atoms with Gasteiger partial charge in [0, 0.05) is 19.0 Å². The Morgan fingerprint density at radius 2 is 2.24 bits per heavy atom. The Morgan fingerprint density at radius 3 is 2.82 bits per heavy atom. The standard InChI is InChI=1S/C12H22N4O/c1-5-13-10-7-17-6-9(10)12-14-11(8(2)3)15-16(12)4/h8-10,13H,5-7H2,1-4H3. The van der Waals surface area contributed by atoms with E-state index in [9.17, 15) is 0 Å². The normalized spacial score (nSPS) is 24.8. The van der Waals surface area contributed by atoms with E-state index in [4.69, 9.17) is 4.74 Å². The molecule has 0 aliphatic carbocycles. The molecule has 0 bridgehead atoms. The number of nitrogens with one attached hydrogen (secondary N) is 1. The van der Waals surface area contributed by atoms with Gasteiger partial charge in [0.05, 0.1) is 19.1 Å². The highest BCUT2D eigenvalue weighted by molar-refractivity contribution is 5.08. The lowest BCUT2D eigenvalue weighted by molar-refractivity contribution is 0.187. The molecular formula is C12H22N4O. The molecule has 17 heavy (non-hydrogen) atoms. The molecule has 1 aliphatic rings. The Balaban J connectivity index is 2.20. The van der Waals surface area contributed by atoms with Crippen molar-refractivity contribution in [1.82, 2.24) is 20.1 Å². The van der Waals surface area contributed by atoms with Gasteiger partial charge in [0.1, 0.15) is 5.82 Å². The quantitative estimate of drug-likeness (QED) is 0.851. The summed E-state index contributed by atoms with van der Waals surface area (Å²) in [5.41, 5.74) is 0. The predicted octanol–water partition coefficient (Wildman–Crippen LogP) is 1.03. The summed E-state index contributed by atoms with van der Waals surface area (Å²) >= 11 is 0. The van der Waals surface area contributed by atoms with Crippen LogP contribution >= 0.6 is 0 Å². The van der Waals surface area contributed by atoms with Crippen molar-refractivity contribution in [2.24, 2.45) is 7.05 Å². The molecule has 2 unspecified atom stereocenters. The predicted molar refractivity (Wildman–Crippen MR) is 66.1 cm³/mol. The Labute approximate surface area is 103 Å². The van der Waals surface area contributed by atoms with Gasteiger partial charge in [-0.25, -0.2) is 4.98 Å². The van der Waals surface area contributed by atoms with Crippen LogP contribution in [0.3, 0.4) is 0 Å². The van der Waals surface area contributed by atoms with E-state index < -0.39 is 0 Å². The fourth-order valence-corrected chi connectivity index (χ4v) is 2.26. The van der Waals surface area contributed by atoms with E-state index >= 15 is 0 Å². The Kier molecular flexibility index (Phi) is 3.79. The van der Waals surface area contributed by atoms with Crippen molar-refractivity contribution in [2.75, 3.05) is 19.8 Å². The largest absolute Gasteiger partial charge is 0.379 e. The van der Waals surface area contributed by atoms with Gasteiger partial charge in [0.15, 0.2) is 5.82 Å². The molecule has 1 saturated heterocycles. The van der Waals surface area contributed by atoms with Crippen LogP contribution in [0.25, 0.3) is 0 Å². The molecule has 1 aromatic heterocycles. The minimum absolute atomic E-state index is 0.319. The summed E-state index contributed by atoms with van der Waals surface area (Å²) in [6, 6.07) is 0.364. The van der Waals surface area contributed by atoms with Gasteiger partial charge in [0.2, 0.25) is 0 Å². The molecule has 1 fully saturated rings. The third-order valence-corrected chi connectivity index (χ3v) is 3.21. The van der Waals surface area contributed by atoms with Crippen molar-refractivity contribution in [3.63, 3.8) is 0 Å². The van der Waals surface area contributed by atoms with Crippen LogP contribution in [-0.4, -0.2) is 40.6 Å². The lowest BCUT2D eigenvalue weighted by Crippen LogP contribution is -2.35. The van der Waals surface area contributed by atoms with E-state index in [-0.39, 0.29) is 0 Å². The second-order valence-electron chi connectivity index (χ2n) is 4.91. The summed E-state index contributed by atoms with van der Waals surface area (Å²) in [7, 11) is 1.97. The summed E-state index contributed by atoms with van der Waals surface area (Å²) in [6.45, 7) is 8.81. The summed E-state index contributed by atoms with van der Waals surface area (Å²) in [5.74, 6) is 2.65. The molecular weight excluding hydrogens is 216 g/mol. The van der Waals surface area contributed by atoms with Gasteiger partial charge in [-0.15, -0.1) is 0 Å². The van der Waals surface area contributed by atoms with Gasteiger partial charge in [-0.05, 0) is 6.54 Å². The number of aryl methyl sites for hydroxylation is 1. The van der Waals surface area contributed by atoms with Gasteiger partial charge >= 0.3 is 0 Å². The smallest absolute Gasteiger partial charge is 0.153 e. The molecule has 1 aliphatic heterocycles. The van der Waals surface area contributed by atoms with Gasteiger partial charge in [0.25, 0.3) is 0 Å². The highest BCUT2D eigenvalue weighted by atomic mass is 16.5. The first kappa shape index (κ1) is 12.5. The van der Waals surface area contributed by atoms with Gasteiger partial charge < -0.3 is 10.1 Å². The fourth-order valence-electron chi connectivity index (χ4n) is 2.26. The highest BCUT2D eigenvalue weighted by Gasteiger charge is 2.32. The zero-order valence-electron chi connectivity index (χ0n) is 11.1. The van der Waals surface area contributed by atoms with E-state index in [1.807, 2.05) is 11.7 Å². The maximum absolute atomic E-state index is 5.56. The Morgan fingerprint density at radius 1 is 1.47 bits per heavy atom. The van der Waals surface area contributed by atoms with E-state index in [0.717, 1.165) is 31.4 Å². The monoisotopic (exact) mass is 238 g/mol. The number of hydrogen-bond acceptors (Lipinski definition) is 4. The van der Waals surface area contributed by atoms with Crippen molar-refractivity contribution in [3.8, 4) is 0 Å². The molecule has 2 heterocycles. The maximum atomic E-state index is 5.56. The summed E-state index contributed by atoms with van der Waals surface area (Å²) in [6.07, 6.45) is 0. The summed E-state index contributed by atoms with van der Waals surface area (Å²) in [4.78, 5) is 4.66. The van der Waals surface area contributed by atoms with Crippen LogP contribution in [0.4, 0.5) is 0 Å². The minimum Gasteiger partial charge on any atom is -0.379 e. The molecule has 0 radical (unpaired) electrons. The molecule has 0 amide bonds. The summed E-state index contributed by atoms with van der Waals surface area (Å²) in [5, 5.41) is 7.92. The first-order chi connectivity index (χ1) is 8.13. The van der Waals surface area contributed by atoms with Crippen LogP contribution in [0, 0.1) is 0 Å². The Bertz CT molecular complexity index is 375. The molecule has 96 valence electrons. The SMILES string of the molecule is CCNC1COCC1c1nc(C(C)C)nn1C. The molecule has 1 N–H and O–H groups in total. The first-order valence-corrected chi connectivity index (χ1v) is 6.35. The second-order valence-corrected chi connectivity index (χ2v) is 4.91. The zero-order valence-corrected chi connectivity index (χ0v) is 11.1. The van der Waals surface area contributed by atoms with Crippen LogP contribution < -0.4 is 5.32 Å². The summed E-state index contributed by atoms with van der Waals surface area (Å²) < 4.78 is 7.46.